The van der Waals surface area contributed by atoms with Gasteiger partial charge in [-0.2, -0.15) is 4.31 Å². The number of piperazine rings is 1. The Morgan fingerprint density at radius 3 is 2.30 bits per heavy atom. The molecule has 0 unspecified atom stereocenters. The van der Waals surface area contributed by atoms with Crippen molar-refractivity contribution < 1.29 is 26.7 Å². The first-order chi connectivity index (χ1) is 19.2. The first-order valence-electron chi connectivity index (χ1n) is 14.1. The summed E-state index contributed by atoms with van der Waals surface area (Å²) in [6.07, 6.45) is 7.02. The van der Waals surface area contributed by atoms with Crippen molar-refractivity contribution in [1.82, 2.24) is 14.1 Å². The molecule has 0 radical (unpaired) electrons. The molecule has 0 aromatic heterocycles. The number of piperidine rings is 1. The van der Waals surface area contributed by atoms with Gasteiger partial charge in [-0.15, -0.1) is 0 Å². The molecule has 2 aliphatic heterocycles. The number of hydrogen-bond acceptors (Lipinski definition) is 5. The quantitative estimate of drug-likeness (QED) is 0.410. The molecule has 2 aromatic rings. The Labute approximate surface area is 240 Å². The Hall–Kier alpha value is -2.27. The number of benzene rings is 2. The smallest absolute Gasteiger partial charge is 0.409 e. The van der Waals surface area contributed by atoms with E-state index in [0.29, 0.717) is 43.4 Å². The van der Waals surface area contributed by atoms with Crippen LogP contribution in [0.2, 0.25) is 5.02 Å². The fourth-order valence-electron chi connectivity index (χ4n) is 6.34. The minimum absolute atomic E-state index is 0.0178. The summed E-state index contributed by atoms with van der Waals surface area (Å²) in [5.41, 5.74) is -0.0348. The largest absolute Gasteiger partial charge is 0.448 e. The van der Waals surface area contributed by atoms with Gasteiger partial charge in [0.15, 0.2) is 0 Å². The van der Waals surface area contributed by atoms with Crippen molar-refractivity contribution in [2.24, 2.45) is 0 Å². The maximum absolute atomic E-state index is 14.9. The molecule has 2 atom stereocenters. The van der Waals surface area contributed by atoms with Crippen LogP contribution in [0.4, 0.5) is 13.6 Å². The minimum atomic E-state index is -4.17. The van der Waals surface area contributed by atoms with Crippen LogP contribution < -0.4 is 0 Å². The van der Waals surface area contributed by atoms with Crippen molar-refractivity contribution in [2.75, 3.05) is 32.8 Å². The molecule has 5 rings (SSSR count). The third kappa shape index (κ3) is 6.45. The summed E-state index contributed by atoms with van der Waals surface area (Å²) in [4.78, 5) is 17.1. The molecule has 0 N–H and O–H groups in total. The molecule has 7 nitrogen and oxygen atoms in total. The highest BCUT2D eigenvalue weighted by Crippen LogP contribution is 2.40. The monoisotopic (exact) mass is 595 g/mol. The molecule has 40 heavy (non-hydrogen) atoms. The predicted molar refractivity (Wildman–Crippen MR) is 149 cm³/mol. The van der Waals surface area contributed by atoms with Gasteiger partial charge < -0.3 is 9.64 Å². The molecule has 1 amide bonds. The summed E-state index contributed by atoms with van der Waals surface area (Å²) in [5.74, 6) is -1.34. The molecule has 1 saturated carbocycles. The van der Waals surface area contributed by atoms with E-state index >= 15 is 0 Å². The molecule has 2 heterocycles. The summed E-state index contributed by atoms with van der Waals surface area (Å²) >= 11 is 5.99. The normalized spacial score (nSPS) is 23.7. The number of carbonyl (C=O) groups excluding carboxylic acids is 1. The van der Waals surface area contributed by atoms with Gasteiger partial charge in [-0.3, -0.25) is 4.90 Å². The van der Waals surface area contributed by atoms with Crippen molar-refractivity contribution >= 4 is 27.7 Å². The van der Waals surface area contributed by atoms with Crippen molar-refractivity contribution in [2.45, 2.75) is 74.4 Å². The van der Waals surface area contributed by atoms with Crippen molar-refractivity contribution in [3.8, 4) is 0 Å². The first kappa shape index (κ1) is 29.2. The second-order valence-corrected chi connectivity index (χ2v) is 13.2. The van der Waals surface area contributed by atoms with Crippen LogP contribution in [0.15, 0.2) is 47.4 Å². The highest BCUT2D eigenvalue weighted by Gasteiger charge is 2.42. The number of nitrogens with zero attached hydrogens (tertiary/aromatic N) is 3. The Morgan fingerprint density at radius 2 is 1.60 bits per heavy atom. The standard InChI is InChI=1S/C29H36ClF2N3O4S/c30-21-9-12-25(13-10-21)40(37,38)35-24(7-4-8-28(35)26-19-22(31)11-14-27(26)32)20-39-29(36)34-17-15-33(16-18-34)23-5-2-1-3-6-23/h9-14,19,23-24,28H,1-8,15-18,20H2/t24-,28+/m0/s1. The van der Waals surface area contributed by atoms with Crippen molar-refractivity contribution in [1.29, 1.82) is 0 Å². The van der Waals surface area contributed by atoms with Crippen LogP contribution in [0, 0.1) is 11.6 Å². The zero-order valence-corrected chi connectivity index (χ0v) is 24.1. The number of carbonyl (C=O) groups is 1. The number of halogens is 3. The lowest BCUT2D eigenvalue weighted by Crippen LogP contribution is -2.53. The van der Waals surface area contributed by atoms with E-state index in [1.165, 1.54) is 60.7 Å². The van der Waals surface area contributed by atoms with E-state index in [-0.39, 0.29) is 17.1 Å². The number of hydrogen-bond donors (Lipinski definition) is 0. The third-order valence-corrected chi connectivity index (χ3v) is 10.7. The second-order valence-electron chi connectivity index (χ2n) is 10.9. The topological polar surface area (TPSA) is 70.2 Å². The van der Waals surface area contributed by atoms with Crippen LogP contribution in [-0.2, 0) is 14.8 Å². The van der Waals surface area contributed by atoms with Crippen molar-refractivity contribution in [3.63, 3.8) is 0 Å². The van der Waals surface area contributed by atoms with Crippen LogP contribution >= 0.6 is 11.6 Å². The molecule has 0 bridgehead atoms. The lowest BCUT2D eigenvalue weighted by atomic mass is 9.93. The number of ether oxygens (including phenoxy) is 1. The molecule has 3 fully saturated rings. The van der Waals surface area contributed by atoms with Crippen LogP contribution in [-0.4, -0.2) is 73.5 Å². The van der Waals surface area contributed by atoms with Gasteiger partial charge in [-0.25, -0.2) is 22.0 Å². The van der Waals surface area contributed by atoms with Gasteiger partial charge in [-0.1, -0.05) is 30.9 Å². The number of sulfonamides is 1. The van der Waals surface area contributed by atoms with E-state index in [9.17, 15) is 22.0 Å². The lowest BCUT2D eigenvalue weighted by molar-refractivity contribution is 0.0379. The van der Waals surface area contributed by atoms with Gasteiger partial charge in [0.1, 0.15) is 18.2 Å². The average Bonchev–Trinajstić information content (AvgIpc) is 2.97. The molecule has 2 aromatic carbocycles. The van der Waals surface area contributed by atoms with E-state index in [4.69, 9.17) is 16.3 Å². The third-order valence-electron chi connectivity index (χ3n) is 8.45. The molecular formula is C29H36ClF2N3O4S. The Kier molecular flexibility index (Phi) is 9.29. The Balaban J connectivity index is 1.32. The summed E-state index contributed by atoms with van der Waals surface area (Å²) in [6, 6.07) is 7.67. The van der Waals surface area contributed by atoms with Gasteiger partial charge in [0.05, 0.1) is 17.0 Å². The number of rotatable bonds is 6. The predicted octanol–water partition coefficient (Wildman–Crippen LogP) is 5.99. The fraction of sp³-hybridized carbons (Fsp3) is 0.552. The molecule has 3 aliphatic rings. The highest BCUT2D eigenvalue weighted by atomic mass is 35.5. The van der Waals surface area contributed by atoms with Gasteiger partial charge in [0.2, 0.25) is 10.0 Å². The fourth-order valence-corrected chi connectivity index (χ4v) is 8.30. The average molecular weight is 596 g/mol. The van der Waals surface area contributed by atoms with E-state index in [2.05, 4.69) is 4.90 Å². The van der Waals surface area contributed by atoms with Crippen LogP contribution in [0.5, 0.6) is 0 Å². The maximum atomic E-state index is 14.9. The van der Waals surface area contributed by atoms with E-state index in [1.54, 1.807) is 4.90 Å². The van der Waals surface area contributed by atoms with E-state index in [1.807, 2.05) is 0 Å². The summed E-state index contributed by atoms with van der Waals surface area (Å²) in [7, 11) is -4.17. The molecule has 218 valence electrons. The van der Waals surface area contributed by atoms with Gasteiger partial charge in [-0.05, 0) is 74.6 Å². The Bertz CT molecular complexity index is 1280. The van der Waals surface area contributed by atoms with Crippen LogP contribution in [0.25, 0.3) is 0 Å². The van der Waals surface area contributed by atoms with Crippen molar-refractivity contribution in [3.05, 3.63) is 64.7 Å². The highest BCUT2D eigenvalue weighted by molar-refractivity contribution is 7.89. The number of amides is 1. The molecule has 11 heteroatoms. The van der Waals surface area contributed by atoms with Gasteiger partial charge in [0.25, 0.3) is 0 Å². The molecular weight excluding hydrogens is 560 g/mol. The lowest BCUT2D eigenvalue weighted by Gasteiger charge is -2.42. The van der Waals surface area contributed by atoms with Gasteiger partial charge in [0, 0.05) is 42.8 Å². The summed E-state index contributed by atoms with van der Waals surface area (Å²) in [6.45, 7) is 2.53. The summed E-state index contributed by atoms with van der Waals surface area (Å²) in [5, 5.41) is 0.374. The van der Waals surface area contributed by atoms with Crippen LogP contribution in [0.1, 0.15) is 63.0 Å². The van der Waals surface area contributed by atoms with E-state index in [0.717, 1.165) is 31.3 Å². The summed E-state index contributed by atoms with van der Waals surface area (Å²) < 4.78 is 63.8. The zero-order valence-electron chi connectivity index (χ0n) is 22.5. The van der Waals surface area contributed by atoms with Gasteiger partial charge >= 0.3 is 6.09 Å². The second kappa shape index (κ2) is 12.7. The first-order valence-corrected chi connectivity index (χ1v) is 16.0. The van der Waals surface area contributed by atoms with Crippen LogP contribution in [0.3, 0.4) is 0 Å². The Morgan fingerprint density at radius 1 is 0.900 bits per heavy atom. The molecule has 1 aliphatic carbocycles. The zero-order chi connectivity index (χ0) is 28.3. The SMILES string of the molecule is O=C(OC[C@@H]1CCC[C@H](c2cc(F)ccc2F)N1S(=O)(=O)c1ccc(Cl)cc1)N1CCN(C2CCCCC2)CC1. The molecule has 2 saturated heterocycles. The van der Waals surface area contributed by atoms with E-state index < -0.39 is 39.8 Å². The molecule has 0 spiro atoms. The minimum Gasteiger partial charge on any atom is -0.448 e. The maximum Gasteiger partial charge on any atom is 0.409 e.